The van der Waals surface area contributed by atoms with Crippen LogP contribution in [0.3, 0.4) is 0 Å². The lowest BCUT2D eigenvalue weighted by molar-refractivity contribution is 0.346. The van der Waals surface area contributed by atoms with Gasteiger partial charge in [-0.3, -0.25) is 9.98 Å². The Labute approximate surface area is 169 Å². The SMILES string of the molecule is CC(C)(C=NC1CCCCCCCCCC1)CC(C)(C)C=NC1CCCC1. The molecular weight excluding hydrogens is 328 g/mol. The van der Waals surface area contributed by atoms with E-state index >= 15 is 0 Å². The Kier molecular flexibility index (Phi) is 9.53. The van der Waals surface area contributed by atoms with E-state index in [4.69, 9.17) is 9.98 Å². The van der Waals surface area contributed by atoms with Crippen LogP contribution in [0, 0.1) is 10.8 Å². The smallest absolute Gasteiger partial charge is 0.0496 e. The van der Waals surface area contributed by atoms with Crippen LogP contribution in [0.15, 0.2) is 9.98 Å². The summed E-state index contributed by atoms with van der Waals surface area (Å²) in [6.45, 7) is 9.39. The van der Waals surface area contributed by atoms with Crippen LogP contribution in [0.4, 0.5) is 0 Å². The zero-order valence-corrected chi connectivity index (χ0v) is 18.8. The quantitative estimate of drug-likeness (QED) is 0.424. The molecule has 0 amide bonds. The van der Waals surface area contributed by atoms with Crippen LogP contribution in [0.5, 0.6) is 0 Å². The lowest BCUT2D eigenvalue weighted by atomic mass is 9.76. The molecule has 2 fully saturated rings. The summed E-state index contributed by atoms with van der Waals surface area (Å²) in [5.74, 6) is 0. The summed E-state index contributed by atoms with van der Waals surface area (Å²) >= 11 is 0. The Morgan fingerprint density at radius 3 is 1.22 bits per heavy atom. The molecule has 156 valence electrons. The maximum absolute atomic E-state index is 5.11. The van der Waals surface area contributed by atoms with E-state index in [0.717, 1.165) is 6.42 Å². The highest BCUT2D eigenvalue weighted by Gasteiger charge is 2.27. The van der Waals surface area contributed by atoms with Crippen molar-refractivity contribution >= 4 is 12.4 Å². The molecule has 27 heavy (non-hydrogen) atoms. The number of hydrogen-bond donors (Lipinski definition) is 0. The van der Waals surface area contributed by atoms with Gasteiger partial charge in [0.25, 0.3) is 0 Å². The largest absolute Gasteiger partial charge is 0.294 e. The van der Waals surface area contributed by atoms with E-state index in [1.807, 2.05) is 0 Å². The van der Waals surface area contributed by atoms with E-state index in [-0.39, 0.29) is 10.8 Å². The zero-order valence-electron chi connectivity index (χ0n) is 18.8. The molecule has 0 heterocycles. The van der Waals surface area contributed by atoms with Gasteiger partial charge in [-0.25, -0.2) is 0 Å². The second kappa shape index (κ2) is 11.4. The van der Waals surface area contributed by atoms with Crippen LogP contribution < -0.4 is 0 Å². The van der Waals surface area contributed by atoms with Gasteiger partial charge in [-0.1, -0.05) is 91.9 Å². The predicted molar refractivity (Wildman–Crippen MR) is 121 cm³/mol. The summed E-state index contributed by atoms with van der Waals surface area (Å²) in [6, 6.07) is 1.14. The topological polar surface area (TPSA) is 24.7 Å². The van der Waals surface area contributed by atoms with Gasteiger partial charge in [0.05, 0.1) is 0 Å². The third-order valence-electron chi connectivity index (χ3n) is 6.33. The molecule has 2 heteroatoms. The van der Waals surface area contributed by atoms with Crippen molar-refractivity contribution in [1.82, 2.24) is 0 Å². The summed E-state index contributed by atoms with van der Waals surface area (Å²) in [6.07, 6.45) is 24.8. The predicted octanol–water partition coefficient (Wildman–Crippen LogP) is 7.80. The minimum atomic E-state index is 0.136. The molecule has 0 spiro atoms. The number of rotatable bonds is 6. The van der Waals surface area contributed by atoms with Gasteiger partial charge in [0.2, 0.25) is 0 Å². The van der Waals surface area contributed by atoms with Crippen LogP contribution in [0.2, 0.25) is 0 Å². The first-order valence-electron chi connectivity index (χ1n) is 12.0. The molecule has 0 aromatic rings. The zero-order chi connectivity index (χ0) is 19.6. The van der Waals surface area contributed by atoms with E-state index in [1.165, 1.54) is 89.9 Å². The van der Waals surface area contributed by atoms with Crippen molar-refractivity contribution in [2.45, 2.75) is 136 Å². The van der Waals surface area contributed by atoms with Crippen LogP contribution in [0.25, 0.3) is 0 Å². The molecule has 0 atom stereocenters. The summed E-state index contributed by atoms with van der Waals surface area (Å²) in [7, 11) is 0. The van der Waals surface area contributed by atoms with E-state index in [9.17, 15) is 0 Å². The lowest BCUT2D eigenvalue weighted by Crippen LogP contribution is -2.26. The first-order valence-corrected chi connectivity index (χ1v) is 12.0. The van der Waals surface area contributed by atoms with Crippen molar-refractivity contribution in [3.8, 4) is 0 Å². The second-order valence-electron chi connectivity index (χ2n) is 10.7. The molecule has 2 nitrogen and oxygen atoms in total. The highest BCUT2D eigenvalue weighted by Crippen LogP contribution is 2.32. The average Bonchev–Trinajstić information content (AvgIpc) is 3.09. The molecule has 2 saturated carbocycles. The molecule has 0 unspecified atom stereocenters. The molecule has 0 N–H and O–H groups in total. The molecule has 0 saturated heterocycles. The van der Waals surface area contributed by atoms with E-state index in [1.54, 1.807) is 0 Å². The summed E-state index contributed by atoms with van der Waals surface area (Å²) in [4.78, 5) is 10.0. The fourth-order valence-electron chi connectivity index (χ4n) is 5.05. The normalized spacial score (nSPS) is 23.3. The Hall–Kier alpha value is -0.660. The number of nitrogens with zero attached hydrogens (tertiary/aromatic N) is 2. The van der Waals surface area contributed by atoms with Crippen LogP contribution in [0.1, 0.15) is 124 Å². The summed E-state index contributed by atoms with van der Waals surface area (Å²) < 4.78 is 0. The van der Waals surface area contributed by atoms with E-state index in [0.29, 0.717) is 12.1 Å². The molecule has 2 aliphatic rings. The van der Waals surface area contributed by atoms with Gasteiger partial charge in [0, 0.05) is 35.3 Å². The molecule has 0 bridgehead atoms. The fourth-order valence-corrected chi connectivity index (χ4v) is 5.05. The fraction of sp³-hybridized carbons (Fsp3) is 0.920. The van der Waals surface area contributed by atoms with Crippen LogP contribution in [-0.4, -0.2) is 24.5 Å². The van der Waals surface area contributed by atoms with Crippen molar-refractivity contribution in [3.63, 3.8) is 0 Å². The first kappa shape index (κ1) is 22.6. The minimum absolute atomic E-state index is 0.136. The van der Waals surface area contributed by atoms with Gasteiger partial charge < -0.3 is 0 Å². The third-order valence-corrected chi connectivity index (χ3v) is 6.33. The molecule has 0 radical (unpaired) electrons. The summed E-state index contributed by atoms with van der Waals surface area (Å²) in [5, 5.41) is 0. The van der Waals surface area contributed by atoms with Gasteiger partial charge >= 0.3 is 0 Å². The number of aliphatic imine (C=N–C) groups is 2. The third kappa shape index (κ3) is 9.90. The first-order chi connectivity index (χ1) is 12.9. The maximum Gasteiger partial charge on any atom is 0.0496 e. The van der Waals surface area contributed by atoms with Gasteiger partial charge in [-0.2, -0.15) is 0 Å². The Bertz CT molecular complexity index is 443. The monoisotopic (exact) mass is 374 g/mol. The molecule has 0 aromatic carbocycles. The molecule has 0 aliphatic heterocycles. The molecule has 2 aliphatic carbocycles. The Balaban J connectivity index is 1.87. The average molecular weight is 375 g/mol. The highest BCUT2D eigenvalue weighted by molar-refractivity contribution is 5.69. The lowest BCUT2D eigenvalue weighted by Gasteiger charge is -2.30. The summed E-state index contributed by atoms with van der Waals surface area (Å²) in [5.41, 5.74) is 0.282. The maximum atomic E-state index is 5.11. The van der Waals surface area contributed by atoms with Crippen molar-refractivity contribution in [1.29, 1.82) is 0 Å². The Morgan fingerprint density at radius 1 is 0.556 bits per heavy atom. The van der Waals surface area contributed by atoms with Crippen molar-refractivity contribution in [3.05, 3.63) is 0 Å². The molecular formula is C25H46N2. The van der Waals surface area contributed by atoms with Gasteiger partial charge in [0.1, 0.15) is 0 Å². The van der Waals surface area contributed by atoms with Crippen molar-refractivity contribution < 1.29 is 0 Å². The van der Waals surface area contributed by atoms with E-state index < -0.39 is 0 Å². The van der Waals surface area contributed by atoms with Crippen LogP contribution >= 0.6 is 0 Å². The Morgan fingerprint density at radius 2 is 0.852 bits per heavy atom. The standard InChI is InChI=1S/C25H46N2/c1-24(2,19-25(3,4)21-27-23-17-13-14-18-23)20-26-22-15-11-9-7-5-6-8-10-12-16-22/h20-23H,5-19H2,1-4H3. The van der Waals surface area contributed by atoms with Gasteiger partial charge in [-0.05, 0) is 32.1 Å². The second-order valence-corrected chi connectivity index (χ2v) is 10.7. The molecule has 0 aromatic heterocycles. The van der Waals surface area contributed by atoms with Crippen molar-refractivity contribution in [2.75, 3.05) is 0 Å². The molecule has 2 rings (SSSR count). The van der Waals surface area contributed by atoms with Gasteiger partial charge in [0.15, 0.2) is 0 Å². The number of hydrogen-bond acceptors (Lipinski definition) is 2. The highest BCUT2D eigenvalue weighted by atomic mass is 14.8. The minimum Gasteiger partial charge on any atom is -0.294 e. The van der Waals surface area contributed by atoms with Gasteiger partial charge in [-0.15, -0.1) is 0 Å². The van der Waals surface area contributed by atoms with E-state index in [2.05, 4.69) is 40.1 Å². The van der Waals surface area contributed by atoms with Crippen LogP contribution in [-0.2, 0) is 0 Å². The van der Waals surface area contributed by atoms with Crippen molar-refractivity contribution in [2.24, 2.45) is 20.8 Å².